The third-order valence-corrected chi connectivity index (χ3v) is 2.89. The summed E-state index contributed by atoms with van der Waals surface area (Å²) in [7, 11) is 0. The van der Waals surface area contributed by atoms with E-state index in [1.54, 1.807) is 12.3 Å². The first-order chi connectivity index (χ1) is 8.09. The minimum Gasteiger partial charge on any atom is -0.289 e. The lowest BCUT2D eigenvalue weighted by Gasteiger charge is -2.07. The first-order valence-electron chi connectivity index (χ1n) is 5.63. The highest BCUT2D eigenvalue weighted by atomic mass is 16.1. The van der Waals surface area contributed by atoms with Crippen LogP contribution in [0.25, 0.3) is 0 Å². The van der Waals surface area contributed by atoms with Gasteiger partial charge in [0, 0.05) is 23.0 Å². The van der Waals surface area contributed by atoms with Gasteiger partial charge in [-0.3, -0.25) is 9.78 Å². The molecule has 0 bridgehead atoms. The molecule has 1 heterocycles. The van der Waals surface area contributed by atoms with Crippen molar-refractivity contribution in [3.8, 4) is 0 Å². The number of aromatic nitrogens is 1. The Morgan fingerprint density at radius 1 is 1.06 bits per heavy atom. The van der Waals surface area contributed by atoms with Crippen molar-refractivity contribution in [2.45, 2.75) is 20.8 Å². The summed E-state index contributed by atoms with van der Waals surface area (Å²) in [5.74, 6) is 0.0526. The molecule has 2 aromatic rings. The van der Waals surface area contributed by atoms with E-state index < -0.39 is 0 Å². The van der Waals surface area contributed by atoms with Crippen molar-refractivity contribution < 1.29 is 4.79 Å². The molecule has 2 nitrogen and oxygen atoms in total. The summed E-state index contributed by atoms with van der Waals surface area (Å²) in [4.78, 5) is 16.6. The van der Waals surface area contributed by atoms with Gasteiger partial charge in [0.2, 0.25) is 0 Å². The largest absolute Gasteiger partial charge is 0.289 e. The zero-order valence-corrected chi connectivity index (χ0v) is 10.3. The van der Waals surface area contributed by atoms with E-state index in [9.17, 15) is 4.79 Å². The number of aryl methyl sites for hydroxylation is 3. The number of hydrogen-bond donors (Lipinski definition) is 0. The van der Waals surface area contributed by atoms with Crippen LogP contribution in [-0.2, 0) is 0 Å². The Bertz CT molecular complexity index is 573. The lowest BCUT2D eigenvalue weighted by Crippen LogP contribution is -2.07. The van der Waals surface area contributed by atoms with Gasteiger partial charge in [0.05, 0.1) is 0 Å². The zero-order chi connectivity index (χ0) is 12.4. The van der Waals surface area contributed by atoms with Crippen LogP contribution in [0.3, 0.4) is 0 Å². The Labute approximate surface area is 101 Å². The number of nitrogens with zero attached hydrogens (tertiary/aromatic N) is 1. The molecule has 0 atom stereocenters. The molecule has 0 amide bonds. The predicted molar refractivity (Wildman–Crippen MR) is 68.3 cm³/mol. The molecule has 17 heavy (non-hydrogen) atoms. The highest BCUT2D eigenvalue weighted by molar-refractivity contribution is 6.10. The van der Waals surface area contributed by atoms with Crippen molar-refractivity contribution in [2.75, 3.05) is 0 Å². The van der Waals surface area contributed by atoms with E-state index in [1.165, 1.54) is 0 Å². The maximum absolute atomic E-state index is 12.4. The van der Waals surface area contributed by atoms with Crippen LogP contribution in [-0.4, -0.2) is 10.8 Å². The molecule has 2 rings (SSSR count). The Kier molecular flexibility index (Phi) is 3.05. The molecule has 0 aliphatic rings. The highest BCUT2D eigenvalue weighted by Gasteiger charge is 2.14. The average Bonchev–Trinajstić information content (AvgIpc) is 2.32. The first-order valence-corrected chi connectivity index (χ1v) is 5.63. The van der Waals surface area contributed by atoms with Crippen LogP contribution in [0.5, 0.6) is 0 Å². The molecule has 0 N–H and O–H groups in total. The van der Waals surface area contributed by atoms with Gasteiger partial charge in [-0.1, -0.05) is 17.7 Å². The summed E-state index contributed by atoms with van der Waals surface area (Å²) in [5.41, 5.74) is 4.32. The van der Waals surface area contributed by atoms with Crippen LogP contribution in [0.15, 0.2) is 36.5 Å². The van der Waals surface area contributed by atoms with Crippen molar-refractivity contribution in [2.24, 2.45) is 0 Å². The van der Waals surface area contributed by atoms with Gasteiger partial charge in [0.15, 0.2) is 5.78 Å². The number of carbonyl (C=O) groups is 1. The second kappa shape index (κ2) is 4.50. The Morgan fingerprint density at radius 3 is 2.53 bits per heavy atom. The van der Waals surface area contributed by atoms with Gasteiger partial charge in [-0.2, -0.15) is 0 Å². The van der Waals surface area contributed by atoms with Gasteiger partial charge in [-0.15, -0.1) is 0 Å². The SMILES string of the molecule is Cc1ccc(C)c(C(=O)c2cccnc2C)c1. The topological polar surface area (TPSA) is 30.0 Å². The monoisotopic (exact) mass is 225 g/mol. The molecular formula is C15H15NO. The minimum atomic E-state index is 0.0526. The number of hydrogen-bond acceptors (Lipinski definition) is 2. The van der Waals surface area contributed by atoms with Crippen LogP contribution in [0.1, 0.15) is 32.7 Å². The normalized spacial score (nSPS) is 10.3. The van der Waals surface area contributed by atoms with Gasteiger partial charge in [-0.25, -0.2) is 0 Å². The second-order valence-electron chi connectivity index (χ2n) is 4.28. The Balaban J connectivity index is 2.51. The average molecular weight is 225 g/mol. The lowest BCUT2D eigenvalue weighted by atomic mass is 9.97. The highest BCUT2D eigenvalue weighted by Crippen LogP contribution is 2.17. The van der Waals surface area contributed by atoms with Crippen molar-refractivity contribution in [3.05, 3.63) is 64.5 Å². The van der Waals surface area contributed by atoms with Gasteiger partial charge in [0.25, 0.3) is 0 Å². The van der Waals surface area contributed by atoms with Crippen LogP contribution < -0.4 is 0 Å². The second-order valence-corrected chi connectivity index (χ2v) is 4.28. The number of benzene rings is 1. The molecule has 0 aliphatic carbocycles. The summed E-state index contributed by atoms with van der Waals surface area (Å²) in [6.45, 7) is 5.81. The van der Waals surface area contributed by atoms with E-state index in [1.807, 2.05) is 45.0 Å². The molecule has 0 unspecified atom stereocenters. The van der Waals surface area contributed by atoms with E-state index in [0.717, 1.165) is 22.4 Å². The van der Waals surface area contributed by atoms with E-state index in [2.05, 4.69) is 4.98 Å². The molecule has 1 aromatic heterocycles. The van der Waals surface area contributed by atoms with Gasteiger partial charge in [-0.05, 0) is 44.5 Å². The van der Waals surface area contributed by atoms with Crippen LogP contribution in [0, 0.1) is 20.8 Å². The number of rotatable bonds is 2. The maximum Gasteiger partial charge on any atom is 0.195 e. The van der Waals surface area contributed by atoms with Gasteiger partial charge >= 0.3 is 0 Å². The zero-order valence-electron chi connectivity index (χ0n) is 10.3. The minimum absolute atomic E-state index is 0.0526. The van der Waals surface area contributed by atoms with E-state index in [-0.39, 0.29) is 5.78 Å². The summed E-state index contributed by atoms with van der Waals surface area (Å²) in [6.07, 6.45) is 1.70. The molecule has 1 aromatic carbocycles. The molecule has 0 radical (unpaired) electrons. The smallest absolute Gasteiger partial charge is 0.195 e. The molecule has 0 fully saturated rings. The summed E-state index contributed by atoms with van der Waals surface area (Å²) >= 11 is 0. The molecular weight excluding hydrogens is 210 g/mol. The fourth-order valence-corrected chi connectivity index (χ4v) is 1.85. The fourth-order valence-electron chi connectivity index (χ4n) is 1.85. The Morgan fingerprint density at radius 2 is 1.82 bits per heavy atom. The molecule has 0 spiro atoms. The molecule has 2 heteroatoms. The van der Waals surface area contributed by atoms with Crippen LogP contribution >= 0.6 is 0 Å². The van der Waals surface area contributed by atoms with E-state index in [4.69, 9.17) is 0 Å². The lowest BCUT2D eigenvalue weighted by molar-refractivity contribution is 0.103. The van der Waals surface area contributed by atoms with Crippen molar-refractivity contribution >= 4 is 5.78 Å². The fraction of sp³-hybridized carbons (Fsp3) is 0.200. The molecule has 0 saturated heterocycles. The maximum atomic E-state index is 12.4. The summed E-state index contributed by atoms with van der Waals surface area (Å²) < 4.78 is 0. The summed E-state index contributed by atoms with van der Waals surface area (Å²) in [5, 5.41) is 0. The molecule has 86 valence electrons. The molecule has 0 aliphatic heterocycles. The van der Waals surface area contributed by atoms with Gasteiger partial charge < -0.3 is 0 Å². The third-order valence-electron chi connectivity index (χ3n) is 2.89. The first kappa shape index (κ1) is 11.5. The van der Waals surface area contributed by atoms with E-state index >= 15 is 0 Å². The van der Waals surface area contributed by atoms with Crippen molar-refractivity contribution in [1.82, 2.24) is 4.98 Å². The number of pyridine rings is 1. The summed E-state index contributed by atoms with van der Waals surface area (Å²) in [6, 6.07) is 9.55. The predicted octanol–water partition coefficient (Wildman–Crippen LogP) is 3.24. The van der Waals surface area contributed by atoms with Crippen molar-refractivity contribution in [3.63, 3.8) is 0 Å². The third kappa shape index (κ3) is 2.26. The number of carbonyl (C=O) groups excluding carboxylic acids is 1. The quantitative estimate of drug-likeness (QED) is 0.734. The van der Waals surface area contributed by atoms with Gasteiger partial charge in [0.1, 0.15) is 0 Å². The Hall–Kier alpha value is -1.96. The standard InChI is InChI=1S/C15H15NO/c1-10-6-7-11(2)14(9-10)15(17)13-5-4-8-16-12(13)3/h4-9H,1-3H3. The number of ketones is 1. The van der Waals surface area contributed by atoms with Crippen LogP contribution in [0.2, 0.25) is 0 Å². The van der Waals surface area contributed by atoms with E-state index in [0.29, 0.717) is 5.56 Å². The van der Waals surface area contributed by atoms with Crippen LogP contribution in [0.4, 0.5) is 0 Å². The molecule has 0 saturated carbocycles. The van der Waals surface area contributed by atoms with Crippen molar-refractivity contribution in [1.29, 1.82) is 0 Å².